The zero-order chi connectivity index (χ0) is 12.8. The van der Waals surface area contributed by atoms with Gasteiger partial charge in [0.15, 0.2) is 0 Å². The van der Waals surface area contributed by atoms with Crippen molar-refractivity contribution in [3.05, 3.63) is 71.6 Å². The molecular weight excluding hydrogens is 227 g/mol. The minimum Gasteiger partial charge on any atom is -0.489 e. The number of rotatable bonds is 4. The average Bonchev–Trinajstić information content (AvgIpc) is 2.40. The van der Waals surface area contributed by atoms with E-state index in [4.69, 9.17) is 4.74 Å². The highest BCUT2D eigenvalue weighted by Crippen LogP contribution is 2.18. The van der Waals surface area contributed by atoms with E-state index < -0.39 is 0 Å². The summed E-state index contributed by atoms with van der Waals surface area (Å²) in [6, 6.07) is 14.5. The van der Waals surface area contributed by atoms with E-state index in [0.29, 0.717) is 12.4 Å². The second-order valence-corrected chi connectivity index (χ2v) is 4.03. The van der Waals surface area contributed by atoms with Crippen molar-refractivity contribution in [2.45, 2.75) is 6.92 Å². The van der Waals surface area contributed by atoms with Gasteiger partial charge in [-0.3, -0.25) is 0 Å². The van der Waals surface area contributed by atoms with Gasteiger partial charge in [-0.15, -0.1) is 0 Å². The highest BCUT2D eigenvalue weighted by Gasteiger charge is 1.99. The molecular formula is C16H15FO. The lowest BCUT2D eigenvalue weighted by Gasteiger charge is -2.06. The van der Waals surface area contributed by atoms with E-state index in [1.807, 2.05) is 49.4 Å². The molecule has 2 rings (SSSR count). The van der Waals surface area contributed by atoms with Crippen LogP contribution in [-0.4, -0.2) is 6.61 Å². The Morgan fingerprint density at radius 2 is 1.89 bits per heavy atom. The molecule has 2 heteroatoms. The predicted molar refractivity (Wildman–Crippen MR) is 72.1 cm³/mol. The van der Waals surface area contributed by atoms with Crippen LogP contribution in [0.25, 0.3) is 6.08 Å². The summed E-state index contributed by atoms with van der Waals surface area (Å²) in [5, 5.41) is 0. The monoisotopic (exact) mass is 242 g/mol. The first-order valence-corrected chi connectivity index (χ1v) is 5.86. The topological polar surface area (TPSA) is 9.23 Å². The van der Waals surface area contributed by atoms with Gasteiger partial charge < -0.3 is 4.74 Å². The minimum atomic E-state index is -0.275. The van der Waals surface area contributed by atoms with Crippen LogP contribution >= 0.6 is 0 Å². The van der Waals surface area contributed by atoms with Gasteiger partial charge in [0.05, 0.1) is 0 Å². The normalized spacial score (nSPS) is 10.8. The quantitative estimate of drug-likeness (QED) is 0.779. The SMILES string of the molecule is Cc1ccc(F)cc1OC/C=C/c1ccccc1. The molecule has 0 fully saturated rings. The average molecular weight is 242 g/mol. The number of hydrogen-bond donors (Lipinski definition) is 0. The van der Waals surface area contributed by atoms with E-state index >= 15 is 0 Å². The molecule has 0 aliphatic rings. The van der Waals surface area contributed by atoms with Crippen LogP contribution in [0.5, 0.6) is 5.75 Å². The lowest BCUT2D eigenvalue weighted by atomic mass is 10.2. The summed E-state index contributed by atoms with van der Waals surface area (Å²) in [6.07, 6.45) is 3.90. The summed E-state index contributed by atoms with van der Waals surface area (Å²) < 4.78 is 18.5. The first kappa shape index (κ1) is 12.4. The number of hydrogen-bond acceptors (Lipinski definition) is 1. The van der Waals surface area contributed by atoms with Gasteiger partial charge in [0, 0.05) is 6.07 Å². The van der Waals surface area contributed by atoms with Gasteiger partial charge in [0.1, 0.15) is 18.2 Å². The van der Waals surface area contributed by atoms with Crippen molar-refractivity contribution < 1.29 is 9.13 Å². The first-order chi connectivity index (χ1) is 8.75. The molecule has 0 atom stereocenters. The summed E-state index contributed by atoms with van der Waals surface area (Å²) in [7, 11) is 0. The van der Waals surface area contributed by atoms with Crippen molar-refractivity contribution in [1.29, 1.82) is 0 Å². The molecule has 92 valence electrons. The van der Waals surface area contributed by atoms with Gasteiger partial charge in [-0.25, -0.2) is 4.39 Å². The molecule has 0 saturated carbocycles. The standard InChI is InChI=1S/C16H15FO/c1-13-9-10-15(17)12-16(13)18-11-5-8-14-6-3-2-4-7-14/h2-10,12H,11H2,1H3/b8-5+. The van der Waals surface area contributed by atoms with E-state index in [0.717, 1.165) is 11.1 Å². The molecule has 0 saturated heterocycles. The third kappa shape index (κ3) is 3.45. The fourth-order valence-corrected chi connectivity index (χ4v) is 1.62. The summed E-state index contributed by atoms with van der Waals surface area (Å²) in [5.41, 5.74) is 2.06. The summed E-state index contributed by atoms with van der Waals surface area (Å²) in [5.74, 6) is 0.315. The summed E-state index contributed by atoms with van der Waals surface area (Å²) >= 11 is 0. The number of benzene rings is 2. The number of aryl methyl sites for hydroxylation is 1. The van der Waals surface area contributed by atoms with Crippen LogP contribution in [0.15, 0.2) is 54.6 Å². The van der Waals surface area contributed by atoms with Crippen LogP contribution in [0.4, 0.5) is 4.39 Å². The second-order valence-electron chi connectivity index (χ2n) is 4.03. The Labute approximate surface area is 107 Å². The minimum absolute atomic E-state index is 0.275. The fourth-order valence-electron chi connectivity index (χ4n) is 1.62. The Kier molecular flexibility index (Phi) is 4.13. The molecule has 0 radical (unpaired) electrons. The van der Waals surface area contributed by atoms with Crippen LogP contribution in [0.3, 0.4) is 0 Å². The maximum atomic E-state index is 13.0. The van der Waals surface area contributed by atoms with Gasteiger partial charge in [0.2, 0.25) is 0 Å². The molecule has 0 amide bonds. The van der Waals surface area contributed by atoms with Crippen molar-refractivity contribution in [1.82, 2.24) is 0 Å². The zero-order valence-corrected chi connectivity index (χ0v) is 10.3. The van der Waals surface area contributed by atoms with Gasteiger partial charge in [-0.05, 0) is 30.2 Å². The molecule has 0 aliphatic heterocycles. The lowest BCUT2D eigenvalue weighted by molar-refractivity contribution is 0.358. The number of halogens is 1. The van der Waals surface area contributed by atoms with Crippen molar-refractivity contribution in [2.24, 2.45) is 0 Å². The second kappa shape index (κ2) is 6.01. The van der Waals surface area contributed by atoms with E-state index in [1.54, 1.807) is 6.07 Å². The number of ether oxygens (including phenoxy) is 1. The summed E-state index contributed by atoms with van der Waals surface area (Å²) in [6.45, 7) is 2.33. The molecule has 0 unspecified atom stereocenters. The van der Waals surface area contributed by atoms with Crippen LogP contribution < -0.4 is 4.74 Å². The van der Waals surface area contributed by atoms with Crippen molar-refractivity contribution in [3.8, 4) is 5.75 Å². The van der Waals surface area contributed by atoms with Crippen molar-refractivity contribution >= 4 is 6.08 Å². The molecule has 0 spiro atoms. The van der Waals surface area contributed by atoms with E-state index in [9.17, 15) is 4.39 Å². The van der Waals surface area contributed by atoms with Gasteiger partial charge in [-0.1, -0.05) is 42.5 Å². The Balaban J connectivity index is 1.92. The largest absolute Gasteiger partial charge is 0.489 e. The fraction of sp³-hybridized carbons (Fsp3) is 0.125. The smallest absolute Gasteiger partial charge is 0.126 e. The van der Waals surface area contributed by atoms with Gasteiger partial charge >= 0.3 is 0 Å². The molecule has 0 bridgehead atoms. The Hall–Kier alpha value is -2.09. The van der Waals surface area contributed by atoms with Crippen LogP contribution in [0.2, 0.25) is 0 Å². The molecule has 0 aromatic heterocycles. The predicted octanol–water partition coefficient (Wildman–Crippen LogP) is 4.23. The Morgan fingerprint density at radius 1 is 1.11 bits per heavy atom. The zero-order valence-electron chi connectivity index (χ0n) is 10.3. The third-order valence-corrected chi connectivity index (χ3v) is 2.60. The van der Waals surface area contributed by atoms with Gasteiger partial charge in [0.25, 0.3) is 0 Å². The van der Waals surface area contributed by atoms with E-state index in [-0.39, 0.29) is 5.82 Å². The molecule has 0 N–H and O–H groups in total. The van der Waals surface area contributed by atoms with Crippen molar-refractivity contribution in [2.75, 3.05) is 6.61 Å². The molecule has 0 aliphatic carbocycles. The molecule has 0 heterocycles. The van der Waals surface area contributed by atoms with Crippen LogP contribution in [0, 0.1) is 12.7 Å². The lowest BCUT2D eigenvalue weighted by Crippen LogP contribution is -1.96. The maximum Gasteiger partial charge on any atom is 0.126 e. The van der Waals surface area contributed by atoms with E-state index in [2.05, 4.69) is 0 Å². The first-order valence-electron chi connectivity index (χ1n) is 5.86. The molecule has 2 aromatic rings. The van der Waals surface area contributed by atoms with E-state index in [1.165, 1.54) is 12.1 Å². The van der Waals surface area contributed by atoms with Crippen LogP contribution in [-0.2, 0) is 0 Å². The Morgan fingerprint density at radius 3 is 2.67 bits per heavy atom. The highest BCUT2D eigenvalue weighted by atomic mass is 19.1. The Bertz CT molecular complexity index is 532. The van der Waals surface area contributed by atoms with Crippen LogP contribution in [0.1, 0.15) is 11.1 Å². The summed E-state index contributed by atoms with van der Waals surface area (Å²) in [4.78, 5) is 0. The molecule has 18 heavy (non-hydrogen) atoms. The third-order valence-electron chi connectivity index (χ3n) is 2.60. The molecule has 2 aromatic carbocycles. The highest BCUT2D eigenvalue weighted by molar-refractivity contribution is 5.48. The van der Waals surface area contributed by atoms with Crippen molar-refractivity contribution in [3.63, 3.8) is 0 Å². The maximum absolute atomic E-state index is 13.0. The molecule has 1 nitrogen and oxygen atoms in total. The van der Waals surface area contributed by atoms with Gasteiger partial charge in [-0.2, -0.15) is 0 Å².